The van der Waals surface area contributed by atoms with Crippen molar-refractivity contribution in [3.05, 3.63) is 24.3 Å². The van der Waals surface area contributed by atoms with E-state index in [1.807, 2.05) is 36.2 Å². The number of nitrogens with zero attached hydrogens (tertiary/aromatic N) is 2. The first-order chi connectivity index (χ1) is 11.0. The molecule has 0 aromatic heterocycles. The van der Waals surface area contributed by atoms with E-state index in [2.05, 4.69) is 31.0 Å². The van der Waals surface area contributed by atoms with E-state index < -0.39 is 0 Å². The molecule has 5 nitrogen and oxygen atoms in total. The number of ether oxygens (including phenoxy) is 1. The van der Waals surface area contributed by atoms with Crippen LogP contribution in [0.3, 0.4) is 0 Å². The summed E-state index contributed by atoms with van der Waals surface area (Å²) in [6.45, 7) is 9.44. The summed E-state index contributed by atoms with van der Waals surface area (Å²) in [5, 5.41) is 3.04. The van der Waals surface area contributed by atoms with Crippen molar-refractivity contribution in [1.29, 1.82) is 0 Å². The smallest absolute Gasteiger partial charge is 0.321 e. The molecule has 0 radical (unpaired) electrons. The molecule has 0 unspecified atom stereocenters. The van der Waals surface area contributed by atoms with Crippen LogP contribution in [0.25, 0.3) is 0 Å². The van der Waals surface area contributed by atoms with Crippen LogP contribution in [0, 0.1) is 5.92 Å². The third-order valence-corrected chi connectivity index (χ3v) is 4.13. The van der Waals surface area contributed by atoms with Crippen LogP contribution in [0.2, 0.25) is 0 Å². The molecular weight excluding hydrogens is 290 g/mol. The fourth-order valence-electron chi connectivity index (χ4n) is 2.65. The Kier molecular flexibility index (Phi) is 6.28. The third-order valence-electron chi connectivity index (χ3n) is 4.13. The second kappa shape index (κ2) is 8.20. The number of carbonyl (C=O) groups is 1. The maximum absolute atomic E-state index is 12.5. The first-order valence-corrected chi connectivity index (χ1v) is 8.49. The lowest BCUT2D eigenvalue weighted by molar-refractivity contribution is 0.0440. The lowest BCUT2D eigenvalue weighted by Gasteiger charge is -2.23. The van der Waals surface area contributed by atoms with Crippen LogP contribution in [-0.2, 0) is 4.74 Å². The van der Waals surface area contributed by atoms with Gasteiger partial charge in [-0.25, -0.2) is 4.79 Å². The van der Waals surface area contributed by atoms with Crippen LogP contribution in [0.4, 0.5) is 16.2 Å². The molecule has 1 fully saturated rings. The van der Waals surface area contributed by atoms with Gasteiger partial charge in [-0.1, -0.05) is 26.0 Å². The Morgan fingerprint density at radius 2 is 2.17 bits per heavy atom. The summed E-state index contributed by atoms with van der Waals surface area (Å²) >= 11 is 0. The van der Waals surface area contributed by atoms with E-state index in [9.17, 15) is 4.79 Å². The number of amides is 2. The van der Waals surface area contributed by atoms with Crippen molar-refractivity contribution in [1.82, 2.24) is 4.90 Å². The molecule has 2 rings (SSSR count). The molecule has 0 saturated carbocycles. The van der Waals surface area contributed by atoms with E-state index in [1.165, 1.54) is 0 Å². The maximum atomic E-state index is 12.5. The molecule has 1 N–H and O–H groups in total. The van der Waals surface area contributed by atoms with Gasteiger partial charge in [0.05, 0.1) is 17.5 Å². The molecule has 1 aromatic carbocycles. The number of carbonyl (C=O) groups excluding carboxylic acids is 1. The normalized spacial score (nSPS) is 17.6. The number of hydrogen-bond donors (Lipinski definition) is 1. The van der Waals surface area contributed by atoms with Gasteiger partial charge in [0.1, 0.15) is 0 Å². The minimum atomic E-state index is -0.0439. The topological polar surface area (TPSA) is 44.8 Å². The van der Waals surface area contributed by atoms with Crippen molar-refractivity contribution in [2.24, 2.45) is 5.92 Å². The number of anilines is 2. The quantitative estimate of drug-likeness (QED) is 0.874. The Morgan fingerprint density at radius 1 is 1.43 bits per heavy atom. The minimum absolute atomic E-state index is 0.0439. The van der Waals surface area contributed by atoms with Crippen LogP contribution in [0.5, 0.6) is 0 Å². The van der Waals surface area contributed by atoms with Gasteiger partial charge >= 0.3 is 6.03 Å². The van der Waals surface area contributed by atoms with E-state index in [-0.39, 0.29) is 12.1 Å². The van der Waals surface area contributed by atoms with E-state index in [0.717, 1.165) is 37.5 Å². The fraction of sp³-hybridized carbons (Fsp3) is 0.611. The van der Waals surface area contributed by atoms with Crippen LogP contribution < -0.4 is 10.2 Å². The van der Waals surface area contributed by atoms with E-state index in [0.29, 0.717) is 12.5 Å². The first kappa shape index (κ1) is 17.6. The molecule has 1 aromatic rings. The lowest BCUT2D eigenvalue weighted by atomic mass is 10.2. The SMILES string of the molecule is CCN(C)c1ccccc1NC(=O)N1CC[C@H](OCC(C)C)C1. The first-order valence-electron chi connectivity index (χ1n) is 8.49. The summed E-state index contributed by atoms with van der Waals surface area (Å²) in [6, 6.07) is 7.86. The van der Waals surface area contributed by atoms with Crippen LogP contribution in [0.1, 0.15) is 27.2 Å². The second-order valence-corrected chi connectivity index (χ2v) is 6.55. The van der Waals surface area contributed by atoms with Gasteiger partial charge in [-0.05, 0) is 31.4 Å². The van der Waals surface area contributed by atoms with E-state index in [1.54, 1.807) is 0 Å². The number of para-hydroxylation sites is 2. The van der Waals surface area contributed by atoms with Gasteiger partial charge in [0.15, 0.2) is 0 Å². The molecular formula is C18H29N3O2. The zero-order valence-electron chi connectivity index (χ0n) is 14.7. The summed E-state index contributed by atoms with van der Waals surface area (Å²) in [5.74, 6) is 0.523. The van der Waals surface area contributed by atoms with Crippen LogP contribution >= 0.6 is 0 Å². The van der Waals surface area contributed by atoms with Crippen molar-refractivity contribution in [2.75, 3.05) is 43.5 Å². The molecule has 23 heavy (non-hydrogen) atoms. The standard InChI is InChI=1S/C18H29N3O2/c1-5-20(4)17-9-7-6-8-16(17)19-18(22)21-11-10-15(12-21)23-13-14(2)3/h6-9,14-15H,5,10-13H2,1-4H3,(H,19,22)/t15-/m0/s1. The molecule has 1 heterocycles. The Bertz CT molecular complexity index is 519. The summed E-state index contributed by atoms with van der Waals surface area (Å²) in [6.07, 6.45) is 1.08. The second-order valence-electron chi connectivity index (χ2n) is 6.55. The minimum Gasteiger partial charge on any atom is -0.376 e. The Balaban J connectivity index is 1.93. The predicted octanol–water partition coefficient (Wildman–Crippen LogP) is 3.42. The average molecular weight is 319 g/mol. The van der Waals surface area contributed by atoms with Crippen LogP contribution in [0.15, 0.2) is 24.3 Å². The number of likely N-dealkylation sites (tertiary alicyclic amines) is 1. The van der Waals surface area contributed by atoms with E-state index in [4.69, 9.17) is 4.74 Å². The number of rotatable bonds is 6. The summed E-state index contributed by atoms with van der Waals surface area (Å²) in [5.41, 5.74) is 1.89. The summed E-state index contributed by atoms with van der Waals surface area (Å²) < 4.78 is 5.84. The van der Waals surface area contributed by atoms with E-state index >= 15 is 0 Å². The molecule has 128 valence electrons. The molecule has 0 bridgehead atoms. The van der Waals surface area contributed by atoms with Gasteiger partial charge < -0.3 is 19.9 Å². The molecule has 5 heteroatoms. The number of hydrogen-bond acceptors (Lipinski definition) is 3. The van der Waals surface area contributed by atoms with Crippen molar-refractivity contribution >= 4 is 17.4 Å². The molecule has 1 aliphatic heterocycles. The highest BCUT2D eigenvalue weighted by atomic mass is 16.5. The van der Waals surface area contributed by atoms with Crippen molar-refractivity contribution in [3.8, 4) is 0 Å². The van der Waals surface area contributed by atoms with Gasteiger partial charge in [-0.3, -0.25) is 0 Å². The zero-order valence-corrected chi connectivity index (χ0v) is 14.7. The molecule has 2 amide bonds. The van der Waals surface area contributed by atoms with Crippen molar-refractivity contribution in [2.45, 2.75) is 33.3 Å². The number of urea groups is 1. The van der Waals surface area contributed by atoms with Crippen molar-refractivity contribution in [3.63, 3.8) is 0 Å². The Morgan fingerprint density at radius 3 is 2.87 bits per heavy atom. The Labute approximate surface area is 139 Å². The highest BCUT2D eigenvalue weighted by molar-refractivity contribution is 5.93. The maximum Gasteiger partial charge on any atom is 0.321 e. The fourth-order valence-corrected chi connectivity index (χ4v) is 2.65. The number of nitrogens with one attached hydrogen (secondary N) is 1. The zero-order chi connectivity index (χ0) is 16.8. The highest BCUT2D eigenvalue weighted by Crippen LogP contribution is 2.25. The molecule has 0 aliphatic carbocycles. The number of benzene rings is 1. The molecule has 1 atom stereocenters. The lowest BCUT2D eigenvalue weighted by Crippen LogP contribution is -2.34. The van der Waals surface area contributed by atoms with Crippen molar-refractivity contribution < 1.29 is 9.53 Å². The van der Waals surface area contributed by atoms with Gasteiger partial charge in [0.2, 0.25) is 0 Å². The monoisotopic (exact) mass is 319 g/mol. The van der Waals surface area contributed by atoms with Gasteiger partial charge in [0.25, 0.3) is 0 Å². The largest absolute Gasteiger partial charge is 0.376 e. The van der Waals surface area contributed by atoms with Crippen LogP contribution in [-0.4, -0.2) is 50.3 Å². The summed E-state index contributed by atoms with van der Waals surface area (Å²) in [7, 11) is 2.02. The van der Waals surface area contributed by atoms with Gasteiger partial charge in [-0.2, -0.15) is 0 Å². The summed E-state index contributed by atoms with van der Waals surface area (Å²) in [4.78, 5) is 16.5. The predicted molar refractivity (Wildman–Crippen MR) is 95.2 cm³/mol. The average Bonchev–Trinajstić information content (AvgIpc) is 3.02. The Hall–Kier alpha value is -1.75. The van der Waals surface area contributed by atoms with Gasteiger partial charge in [0, 0.05) is 33.3 Å². The third kappa shape index (κ3) is 4.86. The molecule has 0 spiro atoms. The molecule has 1 aliphatic rings. The van der Waals surface area contributed by atoms with Gasteiger partial charge in [-0.15, -0.1) is 0 Å². The molecule has 1 saturated heterocycles. The highest BCUT2D eigenvalue weighted by Gasteiger charge is 2.27.